The van der Waals surface area contributed by atoms with Crippen molar-refractivity contribution in [2.24, 2.45) is 7.05 Å². The summed E-state index contributed by atoms with van der Waals surface area (Å²) in [4.78, 5) is 7.27. The molecule has 4 aromatic heterocycles. The van der Waals surface area contributed by atoms with Crippen LogP contribution in [0.3, 0.4) is 0 Å². The van der Waals surface area contributed by atoms with E-state index in [0.717, 1.165) is 57.0 Å². The van der Waals surface area contributed by atoms with Gasteiger partial charge in [-0.2, -0.15) is 10.2 Å². The minimum Gasteiger partial charge on any atom is -0.476 e. The van der Waals surface area contributed by atoms with Crippen LogP contribution in [0.4, 0.5) is 0 Å². The predicted molar refractivity (Wildman–Crippen MR) is 157 cm³/mol. The number of pyridine rings is 1. The van der Waals surface area contributed by atoms with Crippen molar-refractivity contribution in [2.75, 3.05) is 26.9 Å². The van der Waals surface area contributed by atoms with Crippen molar-refractivity contribution in [1.29, 1.82) is 0 Å². The van der Waals surface area contributed by atoms with E-state index in [2.05, 4.69) is 35.9 Å². The van der Waals surface area contributed by atoms with E-state index in [4.69, 9.17) is 29.4 Å². The van der Waals surface area contributed by atoms with Crippen molar-refractivity contribution in [3.05, 3.63) is 34.4 Å². The van der Waals surface area contributed by atoms with Gasteiger partial charge in [-0.1, -0.05) is 6.92 Å². The number of ether oxygens (including phenoxy) is 3. The number of rotatable bonds is 7. The van der Waals surface area contributed by atoms with E-state index in [1.807, 2.05) is 43.8 Å². The molecule has 12 heteroatoms. The van der Waals surface area contributed by atoms with Crippen molar-refractivity contribution >= 4 is 23.1 Å². The van der Waals surface area contributed by atoms with Crippen LogP contribution < -0.4 is 9.47 Å². The fraction of sp³-hybridized carbons (Fsp3) is 0.517. The van der Waals surface area contributed by atoms with Crippen molar-refractivity contribution < 1.29 is 19.3 Å². The molecule has 2 N–H and O–H groups in total. The molecule has 2 bridgehead atoms. The number of aryl methyl sites for hydroxylation is 2. The van der Waals surface area contributed by atoms with Gasteiger partial charge in [0.15, 0.2) is 0 Å². The zero-order chi connectivity index (χ0) is 29.3. The highest BCUT2D eigenvalue weighted by Gasteiger charge is 2.29. The van der Waals surface area contributed by atoms with Gasteiger partial charge in [0, 0.05) is 32.1 Å². The molecule has 0 radical (unpaired) electrons. The third-order valence-electron chi connectivity index (χ3n) is 7.74. The van der Waals surface area contributed by atoms with Crippen LogP contribution in [0.2, 0.25) is 0 Å². The van der Waals surface area contributed by atoms with E-state index in [-0.39, 0.29) is 18.8 Å². The van der Waals surface area contributed by atoms with Gasteiger partial charge < -0.3 is 19.3 Å². The molecule has 0 aliphatic carbocycles. The molecule has 12 nitrogen and oxygen atoms in total. The van der Waals surface area contributed by atoms with Crippen LogP contribution >= 0.6 is 0 Å². The van der Waals surface area contributed by atoms with Gasteiger partial charge in [-0.05, 0) is 52.5 Å². The number of fused-ring (bicyclic) bond motifs is 4. The summed E-state index contributed by atoms with van der Waals surface area (Å²) in [6, 6.07) is 2.05. The summed E-state index contributed by atoms with van der Waals surface area (Å²) in [5.41, 5.74) is 6.56. The summed E-state index contributed by atoms with van der Waals surface area (Å²) in [6.45, 7) is 12.8. The second-order valence-corrected chi connectivity index (χ2v) is 10.3. The fourth-order valence-corrected chi connectivity index (χ4v) is 5.45. The molecule has 1 aliphatic heterocycles. The lowest BCUT2D eigenvalue weighted by atomic mass is 10.1. The Balaban J connectivity index is 1.77. The second kappa shape index (κ2) is 12.0. The number of aromatic amines is 1. The Bertz CT molecular complexity index is 1550. The first-order valence-corrected chi connectivity index (χ1v) is 14.1. The molecule has 5 rings (SSSR count). The van der Waals surface area contributed by atoms with Gasteiger partial charge in [0.05, 0.1) is 60.3 Å². The van der Waals surface area contributed by atoms with Gasteiger partial charge in [-0.15, -0.1) is 5.10 Å². The number of H-pyrrole nitrogens is 1. The van der Waals surface area contributed by atoms with Crippen LogP contribution in [0.1, 0.15) is 56.0 Å². The third kappa shape index (κ3) is 5.34. The molecule has 0 spiro atoms. The third-order valence-corrected chi connectivity index (χ3v) is 7.74. The summed E-state index contributed by atoms with van der Waals surface area (Å²) < 4.78 is 21.8. The van der Waals surface area contributed by atoms with E-state index < -0.39 is 0 Å². The van der Waals surface area contributed by atoms with Gasteiger partial charge in [0.1, 0.15) is 17.3 Å². The lowest BCUT2D eigenvalue weighted by Gasteiger charge is -2.32. The summed E-state index contributed by atoms with van der Waals surface area (Å²) in [5, 5.41) is 28.0. The zero-order valence-corrected chi connectivity index (χ0v) is 24.9. The number of methoxy groups -OCH3 is 1. The number of likely N-dealkylation sites (N-methyl/N-ethyl adjacent to an activating group) is 1. The lowest BCUT2D eigenvalue weighted by Crippen LogP contribution is -2.43. The molecule has 0 amide bonds. The Morgan fingerprint density at radius 3 is 2.71 bits per heavy atom. The highest BCUT2D eigenvalue weighted by atomic mass is 16.5. The maximum absolute atomic E-state index is 9.83. The van der Waals surface area contributed by atoms with Gasteiger partial charge in [-0.3, -0.25) is 19.7 Å². The first-order chi connectivity index (χ1) is 19.8. The van der Waals surface area contributed by atoms with Crippen LogP contribution in [-0.2, 0) is 31.5 Å². The molecule has 41 heavy (non-hydrogen) atoms. The largest absolute Gasteiger partial charge is 0.476 e. The van der Waals surface area contributed by atoms with Crippen LogP contribution in [0.25, 0.3) is 34.3 Å². The van der Waals surface area contributed by atoms with E-state index in [0.29, 0.717) is 38.1 Å². The number of hydrogen-bond donors (Lipinski definition) is 2. The molecular formula is C29H40N8O4. The van der Waals surface area contributed by atoms with Crippen molar-refractivity contribution in [3.8, 4) is 23.0 Å². The maximum atomic E-state index is 9.83. The van der Waals surface area contributed by atoms with Gasteiger partial charge >= 0.3 is 0 Å². The SMILES string of the molecule is CCOc1nn(CCO)c2c1/C=C/c1[nH]nc3c(C)nc(cc13)-c1c(COC)nn(C)c1O[C@H](C)[C@@H](C)N(CC)C2. The quantitative estimate of drug-likeness (QED) is 0.346. The van der Waals surface area contributed by atoms with Crippen molar-refractivity contribution in [2.45, 2.75) is 66.5 Å². The minimum absolute atomic E-state index is 0.0257. The van der Waals surface area contributed by atoms with Crippen LogP contribution in [0.15, 0.2) is 6.07 Å². The number of nitrogens with one attached hydrogen (secondary N) is 1. The topological polar surface area (TPSA) is 128 Å². The van der Waals surface area contributed by atoms with E-state index in [1.54, 1.807) is 11.8 Å². The molecule has 0 fully saturated rings. The molecule has 4 aromatic rings. The molecule has 5 heterocycles. The normalized spacial score (nSPS) is 18.5. The minimum atomic E-state index is -0.196. The number of aliphatic hydroxyl groups excluding tert-OH is 1. The van der Waals surface area contributed by atoms with Crippen LogP contribution in [0, 0.1) is 6.92 Å². The van der Waals surface area contributed by atoms with E-state index in [9.17, 15) is 5.11 Å². The Morgan fingerprint density at radius 1 is 1.20 bits per heavy atom. The monoisotopic (exact) mass is 564 g/mol. The predicted octanol–water partition coefficient (Wildman–Crippen LogP) is 3.56. The standard InChI is InChI=1S/C29H40N8O4/c1-8-36-15-25-20(28(40-9-2)34-37(25)12-13-38)10-11-22-21-14-23(30-17(3)27(21)32-31-22)26-24(16-39-7)33-35(6)29(26)41-19(5)18(36)4/h10-11,14,18-19,38H,8-9,12-13,15-16H2,1-7H3,(H,31,32)/b11-10+/t18-,19-/m1/s1. The molecule has 0 unspecified atom stereocenters. The Hall–Kier alpha value is -3.74. The Morgan fingerprint density at radius 2 is 2.00 bits per heavy atom. The first-order valence-electron chi connectivity index (χ1n) is 14.1. The average Bonchev–Trinajstić information content (AvgIpc) is 3.59. The lowest BCUT2D eigenvalue weighted by molar-refractivity contribution is 0.0780. The molecule has 2 atom stereocenters. The summed E-state index contributed by atoms with van der Waals surface area (Å²) in [6.07, 6.45) is 3.83. The van der Waals surface area contributed by atoms with Crippen LogP contribution in [0.5, 0.6) is 11.8 Å². The molecule has 220 valence electrons. The molecule has 0 saturated heterocycles. The maximum Gasteiger partial charge on any atom is 0.240 e. The van der Waals surface area contributed by atoms with Gasteiger partial charge in [0.2, 0.25) is 11.8 Å². The number of nitrogens with zero attached hydrogens (tertiary/aromatic N) is 7. The Kier molecular flexibility index (Phi) is 8.43. The number of aromatic nitrogens is 7. The molecule has 1 aliphatic rings. The number of hydrogen-bond acceptors (Lipinski definition) is 9. The van der Waals surface area contributed by atoms with Crippen molar-refractivity contribution in [1.82, 2.24) is 39.6 Å². The van der Waals surface area contributed by atoms with E-state index in [1.165, 1.54) is 0 Å². The van der Waals surface area contributed by atoms with Gasteiger partial charge in [0.25, 0.3) is 0 Å². The van der Waals surface area contributed by atoms with Gasteiger partial charge in [-0.25, -0.2) is 4.68 Å². The summed E-state index contributed by atoms with van der Waals surface area (Å²) in [7, 11) is 3.54. The highest BCUT2D eigenvalue weighted by Crippen LogP contribution is 2.37. The summed E-state index contributed by atoms with van der Waals surface area (Å²) >= 11 is 0. The highest BCUT2D eigenvalue weighted by molar-refractivity contribution is 5.93. The van der Waals surface area contributed by atoms with E-state index >= 15 is 0 Å². The van der Waals surface area contributed by atoms with Crippen LogP contribution in [-0.4, -0.2) is 83.8 Å². The second-order valence-electron chi connectivity index (χ2n) is 10.3. The molecule has 0 saturated carbocycles. The molecular weight excluding hydrogens is 524 g/mol. The smallest absolute Gasteiger partial charge is 0.240 e. The summed E-state index contributed by atoms with van der Waals surface area (Å²) in [5.74, 6) is 1.17. The number of aliphatic hydroxyl groups is 1. The Labute approximate surface area is 239 Å². The molecule has 0 aromatic carbocycles. The fourth-order valence-electron chi connectivity index (χ4n) is 5.45. The average molecular weight is 565 g/mol. The zero-order valence-electron chi connectivity index (χ0n) is 24.9. The first kappa shape index (κ1) is 28.8. The van der Waals surface area contributed by atoms with Crippen molar-refractivity contribution in [3.63, 3.8) is 0 Å².